The number of hydrogen-bond acceptors (Lipinski definition) is 4. The first-order valence-electron chi connectivity index (χ1n) is 3.16. The number of aliphatic hydroxyl groups excluding tert-OH is 1. The van der Waals surface area contributed by atoms with Crippen molar-refractivity contribution in [2.24, 2.45) is 0 Å². The summed E-state index contributed by atoms with van der Waals surface area (Å²) in [5, 5.41) is 11.5. The Balaban J connectivity index is 3.40. The van der Waals surface area contributed by atoms with Gasteiger partial charge in [-0.1, -0.05) is 13.8 Å². The van der Waals surface area contributed by atoms with Crippen molar-refractivity contribution < 1.29 is 9.90 Å². The van der Waals surface area contributed by atoms with E-state index in [1.165, 1.54) is 0 Å². The highest BCUT2D eigenvalue weighted by atomic mass is 32.1. The Hall–Kier alpha value is -0.0600. The van der Waals surface area contributed by atoms with Crippen molar-refractivity contribution in [2.45, 2.75) is 25.3 Å². The molecule has 0 aliphatic heterocycles. The number of Topliss-reactive ketones (excluding diaryl/α,β-unsaturated/α-hetero) is 1. The lowest BCUT2D eigenvalue weighted by Crippen LogP contribution is -2.33. The fraction of sp³-hybridized carbons (Fsp3) is 0.833. The van der Waals surface area contributed by atoms with Crippen LogP contribution in [-0.4, -0.2) is 28.9 Å². The number of thiol groups is 1. The Kier molecular flexibility index (Phi) is 4.68. The van der Waals surface area contributed by atoms with Crippen LogP contribution in [0.4, 0.5) is 0 Å². The number of carbonyl (C=O) groups excluding carboxylic acids is 1. The molecule has 0 amide bonds. The van der Waals surface area contributed by atoms with Crippen LogP contribution in [0, 0.1) is 0 Å². The van der Waals surface area contributed by atoms with Gasteiger partial charge in [0.05, 0.1) is 6.54 Å². The molecule has 1 atom stereocenters. The predicted octanol–water partition coefficient (Wildman–Crippen LogP) is -0.198. The van der Waals surface area contributed by atoms with Gasteiger partial charge in [-0.3, -0.25) is 4.79 Å². The number of nitrogens with one attached hydrogen (secondary N) is 1. The first kappa shape index (κ1) is 9.94. The minimum Gasteiger partial charge on any atom is -0.375 e. The van der Waals surface area contributed by atoms with Crippen LogP contribution in [0.1, 0.15) is 13.8 Å². The molecule has 0 aliphatic rings. The Labute approximate surface area is 66.2 Å². The van der Waals surface area contributed by atoms with Crippen molar-refractivity contribution >= 4 is 18.4 Å². The van der Waals surface area contributed by atoms with Crippen LogP contribution >= 0.6 is 12.6 Å². The van der Waals surface area contributed by atoms with E-state index < -0.39 is 5.44 Å². The molecule has 0 bridgehead atoms. The summed E-state index contributed by atoms with van der Waals surface area (Å²) in [6, 6.07) is 0.260. The summed E-state index contributed by atoms with van der Waals surface area (Å²) in [6.07, 6.45) is 0. The van der Waals surface area contributed by atoms with Crippen molar-refractivity contribution in [1.29, 1.82) is 0 Å². The zero-order valence-corrected chi connectivity index (χ0v) is 7.06. The normalized spacial score (nSPS) is 13.7. The minimum absolute atomic E-state index is 0.183. The molecule has 0 aromatic carbocycles. The van der Waals surface area contributed by atoms with Gasteiger partial charge >= 0.3 is 0 Å². The fourth-order valence-corrected chi connectivity index (χ4v) is 0.487. The molecule has 60 valence electrons. The summed E-state index contributed by atoms with van der Waals surface area (Å²) in [5.41, 5.74) is -1.15. The second-order valence-corrected chi connectivity index (χ2v) is 2.86. The minimum atomic E-state index is -1.15. The molecule has 4 heteroatoms. The number of hydrogen-bond donors (Lipinski definition) is 3. The Morgan fingerprint density at radius 3 is 2.50 bits per heavy atom. The molecular weight excluding hydrogens is 150 g/mol. The third kappa shape index (κ3) is 4.78. The summed E-state index contributed by atoms with van der Waals surface area (Å²) in [4.78, 5) is 10.7. The lowest BCUT2D eigenvalue weighted by atomic mass is 10.3. The highest BCUT2D eigenvalue weighted by Crippen LogP contribution is 1.89. The van der Waals surface area contributed by atoms with Gasteiger partial charge in [-0.2, -0.15) is 0 Å². The van der Waals surface area contributed by atoms with E-state index in [9.17, 15) is 4.79 Å². The largest absolute Gasteiger partial charge is 0.375 e. The molecule has 0 fully saturated rings. The summed E-state index contributed by atoms with van der Waals surface area (Å²) >= 11 is 3.56. The van der Waals surface area contributed by atoms with E-state index in [-0.39, 0.29) is 18.4 Å². The lowest BCUT2D eigenvalue weighted by molar-refractivity contribution is -0.122. The standard InChI is InChI=1S/C6H13NO2S/c1-4(2)7-3-5(8)6(9)10/h4,6-7,9-10H,3H2,1-2H3. The van der Waals surface area contributed by atoms with E-state index in [0.717, 1.165) is 0 Å². The predicted molar refractivity (Wildman–Crippen MR) is 43.1 cm³/mol. The molecule has 0 heterocycles. The third-order valence-electron chi connectivity index (χ3n) is 0.973. The van der Waals surface area contributed by atoms with Crippen LogP contribution in [0.3, 0.4) is 0 Å². The number of carbonyl (C=O) groups is 1. The quantitative estimate of drug-likeness (QED) is 0.397. The zero-order chi connectivity index (χ0) is 8.15. The van der Waals surface area contributed by atoms with E-state index in [4.69, 9.17) is 5.11 Å². The Bertz CT molecular complexity index is 114. The maximum atomic E-state index is 10.7. The molecule has 0 spiro atoms. The van der Waals surface area contributed by atoms with Crippen LogP contribution in [0.5, 0.6) is 0 Å². The smallest absolute Gasteiger partial charge is 0.185 e. The molecule has 0 saturated heterocycles. The maximum Gasteiger partial charge on any atom is 0.185 e. The fourth-order valence-electron chi connectivity index (χ4n) is 0.396. The van der Waals surface area contributed by atoms with Gasteiger partial charge in [0.15, 0.2) is 11.2 Å². The summed E-state index contributed by atoms with van der Waals surface area (Å²) in [7, 11) is 0. The zero-order valence-electron chi connectivity index (χ0n) is 6.16. The molecule has 0 aliphatic carbocycles. The summed E-state index contributed by atoms with van der Waals surface area (Å²) in [5.74, 6) is -0.294. The SMILES string of the molecule is CC(C)NCC(=O)C(O)S. The van der Waals surface area contributed by atoms with Gasteiger partial charge in [-0.15, -0.1) is 12.6 Å². The van der Waals surface area contributed by atoms with Gasteiger partial charge in [0, 0.05) is 6.04 Å². The average molecular weight is 163 g/mol. The second kappa shape index (κ2) is 4.71. The van der Waals surface area contributed by atoms with E-state index in [0.29, 0.717) is 0 Å². The van der Waals surface area contributed by atoms with Gasteiger partial charge in [-0.25, -0.2) is 0 Å². The average Bonchev–Trinajstić information content (AvgIpc) is 1.82. The van der Waals surface area contributed by atoms with Gasteiger partial charge in [-0.05, 0) is 0 Å². The number of ketones is 1. The molecule has 10 heavy (non-hydrogen) atoms. The van der Waals surface area contributed by atoms with Crippen molar-refractivity contribution in [2.75, 3.05) is 6.54 Å². The molecule has 0 saturated carbocycles. The number of aliphatic hydroxyl groups is 1. The van der Waals surface area contributed by atoms with Crippen LogP contribution in [-0.2, 0) is 4.79 Å². The molecule has 0 rings (SSSR count). The second-order valence-electron chi connectivity index (χ2n) is 2.38. The van der Waals surface area contributed by atoms with Crippen LogP contribution in [0.15, 0.2) is 0 Å². The van der Waals surface area contributed by atoms with E-state index >= 15 is 0 Å². The lowest BCUT2D eigenvalue weighted by Gasteiger charge is -2.07. The van der Waals surface area contributed by atoms with Crippen molar-refractivity contribution in [1.82, 2.24) is 5.32 Å². The molecular formula is C6H13NO2S. The van der Waals surface area contributed by atoms with Crippen LogP contribution in [0.2, 0.25) is 0 Å². The maximum absolute atomic E-state index is 10.7. The van der Waals surface area contributed by atoms with E-state index in [1.54, 1.807) is 0 Å². The molecule has 0 radical (unpaired) electrons. The van der Waals surface area contributed by atoms with Crippen molar-refractivity contribution in [3.05, 3.63) is 0 Å². The summed E-state index contributed by atoms with van der Waals surface area (Å²) in [6.45, 7) is 4.04. The first-order valence-corrected chi connectivity index (χ1v) is 3.68. The highest BCUT2D eigenvalue weighted by Gasteiger charge is 2.08. The topological polar surface area (TPSA) is 49.3 Å². The monoisotopic (exact) mass is 163 g/mol. The molecule has 0 aromatic heterocycles. The van der Waals surface area contributed by atoms with Crippen LogP contribution < -0.4 is 5.32 Å². The summed E-state index contributed by atoms with van der Waals surface area (Å²) < 4.78 is 0. The van der Waals surface area contributed by atoms with Gasteiger partial charge in [0.1, 0.15) is 0 Å². The Morgan fingerprint density at radius 1 is 1.70 bits per heavy atom. The van der Waals surface area contributed by atoms with Gasteiger partial charge in [0.25, 0.3) is 0 Å². The van der Waals surface area contributed by atoms with Crippen LogP contribution in [0.25, 0.3) is 0 Å². The van der Waals surface area contributed by atoms with Crippen molar-refractivity contribution in [3.63, 3.8) is 0 Å². The van der Waals surface area contributed by atoms with Crippen molar-refractivity contribution in [3.8, 4) is 0 Å². The Morgan fingerprint density at radius 2 is 2.20 bits per heavy atom. The third-order valence-corrected chi connectivity index (χ3v) is 1.26. The van der Waals surface area contributed by atoms with E-state index in [2.05, 4.69) is 17.9 Å². The highest BCUT2D eigenvalue weighted by molar-refractivity contribution is 7.81. The van der Waals surface area contributed by atoms with Gasteiger partial charge < -0.3 is 10.4 Å². The molecule has 1 unspecified atom stereocenters. The number of rotatable bonds is 4. The molecule has 2 N–H and O–H groups in total. The van der Waals surface area contributed by atoms with Gasteiger partial charge in [0.2, 0.25) is 0 Å². The first-order chi connectivity index (χ1) is 4.54. The van der Waals surface area contributed by atoms with E-state index in [1.807, 2.05) is 13.8 Å². The molecule has 0 aromatic rings. The molecule has 3 nitrogen and oxygen atoms in total.